The topological polar surface area (TPSA) is 113 Å². The number of aliphatic hydroxyl groups excluding tert-OH is 1. The van der Waals surface area contributed by atoms with E-state index in [1.54, 1.807) is 0 Å². The Morgan fingerprint density at radius 2 is 0.976 bits per heavy atom. The summed E-state index contributed by atoms with van der Waals surface area (Å²) in [6.45, 7) is 8.43. The fourth-order valence-corrected chi connectivity index (χ4v) is 5.31. The van der Waals surface area contributed by atoms with Crippen molar-refractivity contribution in [2.45, 2.75) is 188 Å². The number of rotatable bonds is 30. The van der Waals surface area contributed by atoms with Crippen LogP contribution < -0.4 is 5.32 Å². The molecule has 0 unspecified atom stereocenters. The molecular formula is C35H67NO6. The zero-order valence-corrected chi connectivity index (χ0v) is 27.8. The molecule has 1 amide bonds. The van der Waals surface area contributed by atoms with Crippen molar-refractivity contribution < 1.29 is 29.3 Å². The number of carboxylic acids is 1. The van der Waals surface area contributed by atoms with Gasteiger partial charge in [0.25, 0.3) is 0 Å². The largest absolute Gasteiger partial charge is 0.480 e. The van der Waals surface area contributed by atoms with Gasteiger partial charge in [0.2, 0.25) is 5.91 Å². The molecule has 0 saturated carbocycles. The molecule has 0 aliphatic heterocycles. The molecule has 0 rings (SSSR count). The highest BCUT2D eigenvalue weighted by Crippen LogP contribution is 2.17. The van der Waals surface area contributed by atoms with Crippen molar-refractivity contribution in [1.29, 1.82) is 0 Å². The second kappa shape index (κ2) is 28.2. The summed E-state index contributed by atoms with van der Waals surface area (Å²) in [6.07, 6.45) is 24.3. The third-order valence-corrected chi connectivity index (χ3v) is 8.00. The molecule has 0 aromatic heterocycles. The van der Waals surface area contributed by atoms with Crippen LogP contribution in [0, 0.1) is 11.8 Å². The van der Waals surface area contributed by atoms with E-state index in [9.17, 15) is 19.5 Å². The molecule has 0 aliphatic rings. The van der Waals surface area contributed by atoms with E-state index in [4.69, 9.17) is 9.84 Å². The summed E-state index contributed by atoms with van der Waals surface area (Å²) in [6, 6.07) is -1.35. The third-order valence-electron chi connectivity index (χ3n) is 8.00. The van der Waals surface area contributed by atoms with Crippen LogP contribution in [-0.2, 0) is 19.1 Å². The first kappa shape index (κ1) is 40.4. The summed E-state index contributed by atoms with van der Waals surface area (Å²) < 4.78 is 5.69. The number of carbonyl (C=O) groups excluding carboxylic acids is 2. The second-order valence-corrected chi connectivity index (χ2v) is 13.2. The predicted octanol–water partition coefficient (Wildman–Crippen LogP) is 8.74. The van der Waals surface area contributed by atoms with Gasteiger partial charge in [-0.25, -0.2) is 4.79 Å². The Labute approximate surface area is 258 Å². The van der Waals surface area contributed by atoms with Crippen molar-refractivity contribution in [3.05, 3.63) is 0 Å². The Bertz CT molecular complexity index is 666. The van der Waals surface area contributed by atoms with Crippen LogP contribution in [0.2, 0.25) is 0 Å². The van der Waals surface area contributed by atoms with Crippen molar-refractivity contribution >= 4 is 17.8 Å². The molecule has 7 heteroatoms. The fraction of sp³-hybridized carbons (Fsp3) is 0.914. The highest BCUT2D eigenvalue weighted by Gasteiger charge is 2.23. The average molecular weight is 598 g/mol. The smallest absolute Gasteiger partial charge is 0.328 e. The molecule has 0 bridgehead atoms. The van der Waals surface area contributed by atoms with E-state index in [0.717, 1.165) is 50.4 Å². The van der Waals surface area contributed by atoms with E-state index in [-0.39, 0.29) is 12.4 Å². The van der Waals surface area contributed by atoms with Gasteiger partial charge in [0.1, 0.15) is 12.1 Å². The first-order chi connectivity index (χ1) is 20.1. The van der Waals surface area contributed by atoms with Crippen LogP contribution in [0.25, 0.3) is 0 Å². The lowest BCUT2D eigenvalue weighted by Crippen LogP contribution is -2.44. The molecule has 42 heavy (non-hydrogen) atoms. The minimum Gasteiger partial charge on any atom is -0.480 e. The van der Waals surface area contributed by atoms with Gasteiger partial charge in [0, 0.05) is 6.42 Å². The number of carbonyl (C=O) groups is 3. The Balaban J connectivity index is 4.26. The van der Waals surface area contributed by atoms with Crippen LogP contribution in [-0.4, -0.2) is 46.8 Å². The molecule has 2 atom stereocenters. The van der Waals surface area contributed by atoms with E-state index in [2.05, 4.69) is 33.0 Å². The first-order valence-electron chi connectivity index (χ1n) is 17.5. The van der Waals surface area contributed by atoms with Gasteiger partial charge in [-0.1, -0.05) is 143 Å². The average Bonchev–Trinajstić information content (AvgIpc) is 2.92. The van der Waals surface area contributed by atoms with Crippen LogP contribution in [0.4, 0.5) is 0 Å². The lowest BCUT2D eigenvalue weighted by molar-refractivity contribution is -0.152. The quantitative estimate of drug-likeness (QED) is 0.0563. The number of hydrogen-bond donors (Lipinski definition) is 3. The number of amides is 1. The highest BCUT2D eigenvalue weighted by atomic mass is 16.5. The highest BCUT2D eigenvalue weighted by molar-refractivity contribution is 5.84. The maximum Gasteiger partial charge on any atom is 0.328 e. The van der Waals surface area contributed by atoms with Crippen LogP contribution in [0.5, 0.6) is 0 Å². The molecule has 0 saturated heterocycles. The zero-order valence-electron chi connectivity index (χ0n) is 27.8. The lowest BCUT2D eigenvalue weighted by Gasteiger charge is -2.19. The standard InChI is InChI=1S/C35H67NO6/c1-29(2)23-19-15-11-7-5-9-13-17-21-25-31(27-33(38)36-32(28-37)35(40)41)42-34(39)26-22-18-14-10-6-8-12-16-20-24-30(3)4/h29-32,37H,5-28H2,1-4H3,(H,36,38)(H,40,41)/t31-,32+/m0/s1. The van der Waals surface area contributed by atoms with Crippen LogP contribution in [0.15, 0.2) is 0 Å². The molecule has 3 N–H and O–H groups in total. The number of hydrogen-bond acceptors (Lipinski definition) is 5. The van der Waals surface area contributed by atoms with E-state index in [1.165, 1.54) is 89.9 Å². The molecule has 7 nitrogen and oxygen atoms in total. The number of esters is 1. The predicted molar refractivity (Wildman–Crippen MR) is 172 cm³/mol. The number of nitrogens with one attached hydrogen (secondary N) is 1. The van der Waals surface area contributed by atoms with Gasteiger partial charge >= 0.3 is 11.9 Å². The molecule has 0 radical (unpaired) electrons. The maximum absolute atomic E-state index is 12.5. The molecule has 0 aromatic rings. The maximum atomic E-state index is 12.5. The van der Waals surface area contributed by atoms with Gasteiger partial charge in [-0.3, -0.25) is 9.59 Å². The van der Waals surface area contributed by atoms with Crippen molar-refractivity contribution in [2.75, 3.05) is 6.61 Å². The van der Waals surface area contributed by atoms with Gasteiger partial charge in [-0.2, -0.15) is 0 Å². The van der Waals surface area contributed by atoms with Gasteiger partial charge in [0.05, 0.1) is 13.0 Å². The zero-order chi connectivity index (χ0) is 31.4. The van der Waals surface area contributed by atoms with Crippen LogP contribution in [0.3, 0.4) is 0 Å². The minimum absolute atomic E-state index is 0.0803. The molecule has 0 aromatic carbocycles. The molecule has 0 fully saturated rings. The number of ether oxygens (including phenoxy) is 1. The SMILES string of the molecule is CC(C)CCCCCCCCCCCC(=O)O[C@@H](CCCCCCCCCCCC(C)C)CC(=O)N[C@H](CO)C(=O)O. The Morgan fingerprint density at radius 1 is 0.595 bits per heavy atom. The minimum atomic E-state index is -1.35. The summed E-state index contributed by atoms with van der Waals surface area (Å²) in [5, 5.41) is 20.6. The number of aliphatic hydroxyl groups is 1. The third kappa shape index (κ3) is 27.2. The van der Waals surface area contributed by atoms with Crippen molar-refractivity contribution in [3.63, 3.8) is 0 Å². The van der Waals surface area contributed by atoms with Gasteiger partial charge in [0.15, 0.2) is 0 Å². The number of aliphatic carboxylic acids is 1. The van der Waals surface area contributed by atoms with E-state index < -0.39 is 30.6 Å². The molecule has 0 heterocycles. The Hall–Kier alpha value is -1.63. The molecular weight excluding hydrogens is 530 g/mol. The van der Waals surface area contributed by atoms with Crippen molar-refractivity contribution in [2.24, 2.45) is 11.8 Å². The summed E-state index contributed by atoms with van der Waals surface area (Å²) >= 11 is 0. The van der Waals surface area contributed by atoms with Gasteiger partial charge in [-0.15, -0.1) is 0 Å². The summed E-state index contributed by atoms with van der Waals surface area (Å²) in [5.74, 6) is -0.497. The van der Waals surface area contributed by atoms with Crippen molar-refractivity contribution in [1.82, 2.24) is 5.32 Å². The van der Waals surface area contributed by atoms with Crippen LogP contribution >= 0.6 is 0 Å². The van der Waals surface area contributed by atoms with Crippen molar-refractivity contribution in [3.8, 4) is 0 Å². The van der Waals surface area contributed by atoms with Crippen LogP contribution in [0.1, 0.15) is 175 Å². The fourth-order valence-electron chi connectivity index (χ4n) is 5.31. The monoisotopic (exact) mass is 597 g/mol. The Kier molecular flexibility index (Phi) is 27.1. The first-order valence-corrected chi connectivity index (χ1v) is 17.5. The van der Waals surface area contributed by atoms with Gasteiger partial charge in [-0.05, 0) is 31.1 Å². The molecule has 248 valence electrons. The lowest BCUT2D eigenvalue weighted by atomic mass is 10.0. The van der Waals surface area contributed by atoms with Gasteiger partial charge < -0.3 is 20.3 Å². The summed E-state index contributed by atoms with van der Waals surface area (Å²) in [7, 11) is 0. The number of carboxylic acid groups (broad SMARTS) is 1. The van der Waals surface area contributed by atoms with E-state index in [0.29, 0.717) is 12.8 Å². The normalized spacial score (nSPS) is 12.9. The summed E-state index contributed by atoms with van der Waals surface area (Å²) in [5.41, 5.74) is 0. The molecule has 0 spiro atoms. The summed E-state index contributed by atoms with van der Waals surface area (Å²) in [4.78, 5) is 36.1. The molecule has 0 aliphatic carbocycles. The second-order valence-electron chi connectivity index (χ2n) is 13.2. The van der Waals surface area contributed by atoms with E-state index in [1.807, 2.05) is 0 Å². The number of unbranched alkanes of at least 4 members (excludes halogenated alkanes) is 16. The Morgan fingerprint density at radius 3 is 1.36 bits per heavy atom. The van der Waals surface area contributed by atoms with E-state index >= 15 is 0 Å².